The van der Waals surface area contributed by atoms with Crippen LogP contribution in [-0.4, -0.2) is 78.9 Å². The van der Waals surface area contributed by atoms with Crippen molar-refractivity contribution in [1.82, 2.24) is 9.80 Å². The van der Waals surface area contributed by atoms with Crippen LogP contribution in [0.15, 0.2) is 48.5 Å². The zero-order valence-electron chi connectivity index (χ0n) is 20.1. The van der Waals surface area contributed by atoms with Crippen molar-refractivity contribution < 1.29 is 38.1 Å². The molecule has 10 heteroatoms. The Hall–Kier alpha value is -3.66. The predicted molar refractivity (Wildman–Crippen MR) is 125 cm³/mol. The van der Waals surface area contributed by atoms with Gasteiger partial charge in [0.05, 0.1) is 19.2 Å². The number of ether oxygens (including phenoxy) is 3. The van der Waals surface area contributed by atoms with Crippen LogP contribution >= 0.6 is 0 Å². The standard InChI is InChI=1S/C25H31FN2O7/c1-18(2)28(17-29)13-12-27(25(32)35-15-19-8-10-21(33-3)11-9-19)14-20(30)16-34-24(31)22-6-4-5-7-23(22)26/h4-11,17-18,20,30H,12-16H2,1-3H3. The second-order valence-corrected chi connectivity index (χ2v) is 8.02. The number of benzene rings is 2. The summed E-state index contributed by atoms with van der Waals surface area (Å²) in [5, 5.41) is 10.4. The molecule has 2 amide bonds. The number of amides is 2. The van der Waals surface area contributed by atoms with Crippen molar-refractivity contribution in [1.29, 1.82) is 0 Å². The molecule has 2 rings (SSSR count). The van der Waals surface area contributed by atoms with Crippen LogP contribution in [0.5, 0.6) is 5.75 Å². The Labute approximate surface area is 204 Å². The van der Waals surface area contributed by atoms with E-state index >= 15 is 0 Å². The molecule has 1 atom stereocenters. The highest BCUT2D eigenvalue weighted by molar-refractivity contribution is 5.89. The molecule has 9 nitrogen and oxygen atoms in total. The third-order valence-electron chi connectivity index (χ3n) is 5.14. The lowest BCUT2D eigenvalue weighted by molar-refractivity contribution is -0.119. The highest BCUT2D eigenvalue weighted by Gasteiger charge is 2.22. The van der Waals surface area contributed by atoms with Crippen LogP contribution in [0.3, 0.4) is 0 Å². The minimum Gasteiger partial charge on any atom is -0.497 e. The van der Waals surface area contributed by atoms with E-state index in [9.17, 15) is 23.9 Å². The molecule has 35 heavy (non-hydrogen) atoms. The first-order valence-electron chi connectivity index (χ1n) is 11.1. The Morgan fingerprint density at radius 3 is 2.34 bits per heavy atom. The lowest BCUT2D eigenvalue weighted by Crippen LogP contribution is -2.44. The SMILES string of the molecule is COc1ccc(COC(=O)N(CCN(C=O)C(C)C)CC(O)COC(=O)c2ccccc2F)cc1. The van der Waals surface area contributed by atoms with Gasteiger partial charge in [-0.1, -0.05) is 24.3 Å². The van der Waals surface area contributed by atoms with Crippen LogP contribution in [0.1, 0.15) is 29.8 Å². The quantitative estimate of drug-likeness (QED) is 0.340. The molecule has 0 saturated carbocycles. The average molecular weight is 491 g/mol. The highest BCUT2D eigenvalue weighted by atomic mass is 19.1. The molecule has 1 unspecified atom stereocenters. The van der Waals surface area contributed by atoms with Crippen molar-refractivity contribution in [3.05, 3.63) is 65.5 Å². The number of methoxy groups -OCH3 is 1. The molecule has 0 aliphatic rings. The molecule has 0 bridgehead atoms. The summed E-state index contributed by atoms with van der Waals surface area (Å²) >= 11 is 0. The summed E-state index contributed by atoms with van der Waals surface area (Å²) in [5.74, 6) is -1.00. The van der Waals surface area contributed by atoms with Gasteiger partial charge in [0.15, 0.2) is 0 Å². The molecule has 0 aliphatic carbocycles. The van der Waals surface area contributed by atoms with Crippen molar-refractivity contribution >= 4 is 18.5 Å². The van der Waals surface area contributed by atoms with Gasteiger partial charge in [0.2, 0.25) is 6.41 Å². The number of aliphatic hydroxyl groups is 1. The van der Waals surface area contributed by atoms with Crippen LogP contribution in [0, 0.1) is 5.82 Å². The van der Waals surface area contributed by atoms with Crippen molar-refractivity contribution in [2.24, 2.45) is 0 Å². The molecule has 0 aliphatic heterocycles. The Balaban J connectivity index is 1.98. The first-order chi connectivity index (χ1) is 16.7. The second kappa shape index (κ2) is 13.9. The van der Waals surface area contributed by atoms with Crippen molar-refractivity contribution in [2.45, 2.75) is 32.6 Å². The molecule has 1 N–H and O–H groups in total. The third kappa shape index (κ3) is 8.90. The smallest absolute Gasteiger partial charge is 0.410 e. The van der Waals surface area contributed by atoms with Crippen LogP contribution in [-0.2, 0) is 20.9 Å². The maximum atomic E-state index is 13.7. The molecule has 0 spiro atoms. The molecular weight excluding hydrogens is 459 g/mol. The Bertz CT molecular complexity index is 969. The van der Waals surface area contributed by atoms with Crippen LogP contribution < -0.4 is 4.74 Å². The van der Waals surface area contributed by atoms with E-state index in [0.717, 1.165) is 11.6 Å². The summed E-state index contributed by atoms with van der Waals surface area (Å²) in [6.07, 6.45) is -1.30. The van der Waals surface area contributed by atoms with E-state index in [-0.39, 0.29) is 37.8 Å². The Kier molecular flexibility index (Phi) is 11.0. The number of hydrogen-bond donors (Lipinski definition) is 1. The molecule has 0 heterocycles. The number of halogens is 1. The van der Waals surface area contributed by atoms with E-state index in [4.69, 9.17) is 14.2 Å². The largest absolute Gasteiger partial charge is 0.497 e. The van der Waals surface area contributed by atoms with E-state index in [0.29, 0.717) is 12.2 Å². The molecule has 0 aromatic heterocycles. The predicted octanol–water partition coefficient (Wildman–Crippen LogP) is 2.86. The van der Waals surface area contributed by atoms with Gasteiger partial charge in [0.25, 0.3) is 0 Å². The minimum absolute atomic E-state index is 0.0146. The maximum Gasteiger partial charge on any atom is 0.410 e. The molecule has 0 saturated heterocycles. The molecule has 190 valence electrons. The Morgan fingerprint density at radius 2 is 1.74 bits per heavy atom. The van der Waals surface area contributed by atoms with Crippen LogP contribution in [0.4, 0.5) is 9.18 Å². The summed E-state index contributed by atoms with van der Waals surface area (Å²) in [4.78, 5) is 38.9. The van der Waals surface area contributed by atoms with Crippen molar-refractivity contribution in [2.75, 3.05) is 33.4 Å². The van der Waals surface area contributed by atoms with Gasteiger partial charge < -0.3 is 29.1 Å². The van der Waals surface area contributed by atoms with Crippen molar-refractivity contribution in [3.8, 4) is 5.75 Å². The summed E-state index contributed by atoms with van der Waals surface area (Å²) in [5.41, 5.74) is 0.476. The number of rotatable bonds is 13. The van der Waals surface area contributed by atoms with Gasteiger partial charge in [-0.2, -0.15) is 0 Å². The topological polar surface area (TPSA) is 106 Å². The van der Waals surface area contributed by atoms with E-state index in [1.54, 1.807) is 31.4 Å². The Morgan fingerprint density at radius 1 is 1.06 bits per heavy atom. The first kappa shape index (κ1) is 27.6. The fourth-order valence-electron chi connectivity index (χ4n) is 3.07. The molecule has 0 fully saturated rings. The number of esters is 1. The van der Waals surface area contributed by atoms with E-state index in [1.165, 1.54) is 28.0 Å². The van der Waals surface area contributed by atoms with Gasteiger partial charge >= 0.3 is 12.1 Å². The number of aliphatic hydroxyl groups excluding tert-OH is 1. The van der Waals surface area contributed by atoms with Gasteiger partial charge in [0, 0.05) is 19.1 Å². The van der Waals surface area contributed by atoms with Gasteiger partial charge in [-0.25, -0.2) is 14.0 Å². The lowest BCUT2D eigenvalue weighted by Gasteiger charge is -2.28. The third-order valence-corrected chi connectivity index (χ3v) is 5.14. The number of hydrogen-bond acceptors (Lipinski definition) is 7. The normalized spacial score (nSPS) is 11.5. The summed E-state index contributed by atoms with van der Waals surface area (Å²) in [6.45, 7) is 3.25. The molecule has 2 aromatic rings. The van der Waals surface area contributed by atoms with Gasteiger partial charge in [0.1, 0.15) is 30.9 Å². The second-order valence-electron chi connectivity index (χ2n) is 8.02. The fourth-order valence-corrected chi connectivity index (χ4v) is 3.07. The number of carbonyl (C=O) groups is 3. The van der Waals surface area contributed by atoms with Gasteiger partial charge in [-0.3, -0.25) is 4.79 Å². The van der Waals surface area contributed by atoms with E-state index in [2.05, 4.69) is 0 Å². The van der Waals surface area contributed by atoms with E-state index < -0.39 is 30.6 Å². The first-order valence-corrected chi connectivity index (χ1v) is 11.1. The average Bonchev–Trinajstić information content (AvgIpc) is 2.85. The monoisotopic (exact) mass is 490 g/mol. The zero-order valence-corrected chi connectivity index (χ0v) is 20.1. The molecular formula is C25H31FN2O7. The minimum atomic E-state index is -1.26. The van der Waals surface area contributed by atoms with Crippen LogP contribution in [0.25, 0.3) is 0 Å². The maximum absolute atomic E-state index is 13.7. The van der Waals surface area contributed by atoms with Gasteiger partial charge in [-0.05, 0) is 43.7 Å². The zero-order chi connectivity index (χ0) is 25.8. The molecule has 2 aromatic carbocycles. The van der Waals surface area contributed by atoms with Crippen molar-refractivity contribution in [3.63, 3.8) is 0 Å². The summed E-state index contributed by atoms with van der Waals surface area (Å²) in [6, 6.07) is 12.2. The highest BCUT2D eigenvalue weighted by Crippen LogP contribution is 2.13. The van der Waals surface area contributed by atoms with Gasteiger partial charge in [-0.15, -0.1) is 0 Å². The lowest BCUT2D eigenvalue weighted by atomic mass is 10.2. The number of carbonyl (C=O) groups excluding carboxylic acids is 3. The fraction of sp³-hybridized carbons (Fsp3) is 0.400. The van der Waals surface area contributed by atoms with Crippen LogP contribution in [0.2, 0.25) is 0 Å². The number of nitrogens with zero attached hydrogens (tertiary/aromatic N) is 2. The van der Waals surface area contributed by atoms with E-state index in [1.807, 2.05) is 13.8 Å². The summed E-state index contributed by atoms with van der Waals surface area (Å²) < 4.78 is 29.2. The summed E-state index contributed by atoms with van der Waals surface area (Å²) in [7, 11) is 1.55. The molecule has 0 radical (unpaired) electrons.